The van der Waals surface area contributed by atoms with Gasteiger partial charge in [0.2, 0.25) is 5.91 Å². The second kappa shape index (κ2) is 13.4. The van der Waals surface area contributed by atoms with E-state index < -0.39 is 6.04 Å². The van der Waals surface area contributed by atoms with Crippen molar-refractivity contribution in [2.24, 2.45) is 0 Å². The number of hydrogen-bond donors (Lipinski definition) is 1. The monoisotopic (exact) mass is 494 g/mol. The molecule has 0 bridgehead atoms. The Bertz CT molecular complexity index is 1110. The van der Waals surface area contributed by atoms with Crippen molar-refractivity contribution in [3.8, 4) is 11.5 Å². The number of methoxy groups -OCH3 is 1. The first-order valence-electron chi connectivity index (χ1n) is 11.6. The molecule has 3 rings (SSSR count). The Morgan fingerprint density at radius 2 is 1.69 bits per heavy atom. The summed E-state index contributed by atoms with van der Waals surface area (Å²) in [6, 6.07) is 23.4. The topological polar surface area (TPSA) is 67.9 Å². The van der Waals surface area contributed by atoms with Gasteiger partial charge < -0.3 is 19.7 Å². The van der Waals surface area contributed by atoms with Crippen molar-refractivity contribution < 1.29 is 19.1 Å². The van der Waals surface area contributed by atoms with Crippen LogP contribution in [0.5, 0.6) is 11.5 Å². The molecule has 184 valence electrons. The Morgan fingerprint density at radius 3 is 2.40 bits per heavy atom. The number of nitrogens with one attached hydrogen (secondary N) is 1. The fourth-order valence-corrected chi connectivity index (χ4v) is 3.86. The number of nitrogens with zero attached hydrogens (tertiary/aromatic N) is 1. The van der Waals surface area contributed by atoms with E-state index in [0.717, 1.165) is 17.5 Å². The van der Waals surface area contributed by atoms with E-state index in [9.17, 15) is 9.59 Å². The zero-order valence-electron chi connectivity index (χ0n) is 20.1. The van der Waals surface area contributed by atoms with E-state index in [1.807, 2.05) is 61.5 Å². The molecule has 35 heavy (non-hydrogen) atoms. The lowest BCUT2D eigenvalue weighted by molar-refractivity contribution is -0.142. The summed E-state index contributed by atoms with van der Waals surface area (Å²) >= 11 is 6.20. The van der Waals surface area contributed by atoms with Crippen molar-refractivity contribution in [3.05, 3.63) is 95.0 Å². The van der Waals surface area contributed by atoms with Gasteiger partial charge in [-0.2, -0.15) is 0 Å². The van der Waals surface area contributed by atoms with E-state index in [-0.39, 0.29) is 25.0 Å². The summed E-state index contributed by atoms with van der Waals surface area (Å²) in [6.45, 7) is 2.49. The highest BCUT2D eigenvalue weighted by molar-refractivity contribution is 6.32. The molecule has 6 nitrogen and oxygen atoms in total. The molecule has 0 aromatic heterocycles. The summed E-state index contributed by atoms with van der Waals surface area (Å²) in [6.07, 6.45) is 1.17. The van der Waals surface area contributed by atoms with Crippen LogP contribution in [0.1, 0.15) is 24.5 Å². The summed E-state index contributed by atoms with van der Waals surface area (Å²) in [4.78, 5) is 28.4. The SMILES string of the molecule is CCCNC(=O)C(Cc1ccccc1)N(Cc1cccc(OC)c1)C(=O)COc1ccccc1Cl. The number of para-hydroxylation sites is 1. The average Bonchev–Trinajstić information content (AvgIpc) is 2.89. The van der Waals surface area contributed by atoms with Gasteiger partial charge in [-0.1, -0.05) is 73.1 Å². The number of amides is 2. The second-order valence-corrected chi connectivity index (χ2v) is 8.50. The predicted molar refractivity (Wildman–Crippen MR) is 138 cm³/mol. The Balaban J connectivity index is 1.91. The molecule has 0 saturated carbocycles. The van der Waals surface area contributed by atoms with Gasteiger partial charge in [0.15, 0.2) is 6.61 Å². The molecule has 0 aliphatic heterocycles. The molecule has 0 aliphatic carbocycles. The molecule has 0 fully saturated rings. The second-order valence-electron chi connectivity index (χ2n) is 8.09. The third-order valence-electron chi connectivity index (χ3n) is 5.50. The Labute approximate surface area is 211 Å². The molecule has 2 amide bonds. The molecular weight excluding hydrogens is 464 g/mol. The standard InChI is InChI=1S/C28H31ClN2O4/c1-3-16-30-28(33)25(18-21-10-5-4-6-11-21)31(19-22-12-9-13-23(17-22)34-2)27(32)20-35-26-15-8-7-14-24(26)29/h4-15,17,25H,3,16,18-20H2,1-2H3,(H,30,33). The van der Waals surface area contributed by atoms with Gasteiger partial charge in [-0.15, -0.1) is 0 Å². The number of benzene rings is 3. The third kappa shape index (κ3) is 7.76. The summed E-state index contributed by atoms with van der Waals surface area (Å²) in [5.41, 5.74) is 1.80. The van der Waals surface area contributed by atoms with Crippen molar-refractivity contribution in [2.45, 2.75) is 32.4 Å². The zero-order chi connectivity index (χ0) is 25.0. The number of carbonyl (C=O) groups is 2. The maximum Gasteiger partial charge on any atom is 0.261 e. The van der Waals surface area contributed by atoms with Crippen molar-refractivity contribution >= 4 is 23.4 Å². The minimum atomic E-state index is -0.725. The molecule has 0 spiro atoms. The molecule has 1 unspecified atom stereocenters. The van der Waals surface area contributed by atoms with Gasteiger partial charge in [0.1, 0.15) is 17.5 Å². The first-order chi connectivity index (χ1) is 17.0. The minimum absolute atomic E-state index is 0.204. The van der Waals surface area contributed by atoms with Crippen LogP contribution in [0.3, 0.4) is 0 Å². The lowest BCUT2D eigenvalue weighted by Gasteiger charge is -2.31. The number of ether oxygens (including phenoxy) is 2. The maximum atomic E-state index is 13.5. The first kappa shape index (κ1) is 26.1. The van der Waals surface area contributed by atoms with Crippen LogP contribution < -0.4 is 14.8 Å². The molecule has 1 N–H and O–H groups in total. The van der Waals surface area contributed by atoms with Gasteiger partial charge in [-0.3, -0.25) is 9.59 Å². The van der Waals surface area contributed by atoms with E-state index in [4.69, 9.17) is 21.1 Å². The fourth-order valence-electron chi connectivity index (χ4n) is 3.67. The Kier molecular flexibility index (Phi) is 9.99. The largest absolute Gasteiger partial charge is 0.497 e. The average molecular weight is 495 g/mol. The molecule has 3 aromatic rings. The van der Waals surface area contributed by atoms with Crippen molar-refractivity contribution in [1.29, 1.82) is 0 Å². The summed E-state index contributed by atoms with van der Waals surface area (Å²) in [7, 11) is 1.59. The van der Waals surface area contributed by atoms with Gasteiger partial charge in [0.05, 0.1) is 12.1 Å². The van der Waals surface area contributed by atoms with Crippen LogP contribution in [-0.2, 0) is 22.6 Å². The van der Waals surface area contributed by atoms with Crippen LogP contribution in [0.2, 0.25) is 5.02 Å². The van der Waals surface area contributed by atoms with Gasteiger partial charge >= 0.3 is 0 Å². The fraction of sp³-hybridized carbons (Fsp3) is 0.286. The van der Waals surface area contributed by atoms with Crippen molar-refractivity contribution in [3.63, 3.8) is 0 Å². The van der Waals surface area contributed by atoms with E-state index in [0.29, 0.717) is 29.5 Å². The molecule has 1 atom stereocenters. The number of rotatable bonds is 12. The maximum absolute atomic E-state index is 13.5. The van der Waals surface area contributed by atoms with Gasteiger partial charge in [0.25, 0.3) is 5.91 Å². The van der Waals surface area contributed by atoms with Gasteiger partial charge in [-0.25, -0.2) is 0 Å². The highest BCUT2D eigenvalue weighted by Gasteiger charge is 2.30. The Morgan fingerprint density at radius 1 is 0.971 bits per heavy atom. The van der Waals surface area contributed by atoms with Crippen LogP contribution in [-0.4, -0.2) is 43.0 Å². The van der Waals surface area contributed by atoms with E-state index in [2.05, 4.69) is 5.32 Å². The van der Waals surface area contributed by atoms with Crippen LogP contribution in [0.4, 0.5) is 0 Å². The van der Waals surface area contributed by atoms with Crippen molar-refractivity contribution in [2.75, 3.05) is 20.3 Å². The molecule has 0 heterocycles. The summed E-state index contributed by atoms with van der Waals surface area (Å²) in [5, 5.41) is 3.38. The first-order valence-corrected chi connectivity index (χ1v) is 12.0. The van der Waals surface area contributed by atoms with Crippen LogP contribution >= 0.6 is 11.6 Å². The molecule has 3 aromatic carbocycles. The third-order valence-corrected chi connectivity index (χ3v) is 5.81. The van der Waals surface area contributed by atoms with Crippen LogP contribution in [0, 0.1) is 0 Å². The molecular formula is C28H31ClN2O4. The van der Waals surface area contributed by atoms with E-state index >= 15 is 0 Å². The van der Waals surface area contributed by atoms with Crippen LogP contribution in [0.25, 0.3) is 0 Å². The summed E-state index contributed by atoms with van der Waals surface area (Å²) in [5.74, 6) is 0.571. The zero-order valence-corrected chi connectivity index (χ0v) is 20.8. The molecule has 0 aliphatic rings. The number of hydrogen-bond acceptors (Lipinski definition) is 4. The van der Waals surface area contributed by atoms with Crippen molar-refractivity contribution in [1.82, 2.24) is 10.2 Å². The normalized spacial score (nSPS) is 11.4. The molecule has 7 heteroatoms. The van der Waals surface area contributed by atoms with E-state index in [1.165, 1.54) is 0 Å². The molecule has 0 radical (unpaired) electrons. The minimum Gasteiger partial charge on any atom is -0.497 e. The lowest BCUT2D eigenvalue weighted by atomic mass is 10.0. The van der Waals surface area contributed by atoms with Gasteiger partial charge in [0, 0.05) is 19.5 Å². The highest BCUT2D eigenvalue weighted by Crippen LogP contribution is 2.24. The quantitative estimate of drug-likeness (QED) is 0.389. The number of carbonyl (C=O) groups excluding carboxylic acids is 2. The smallest absolute Gasteiger partial charge is 0.261 e. The Hall–Kier alpha value is -3.51. The number of halogens is 1. The highest BCUT2D eigenvalue weighted by atomic mass is 35.5. The van der Waals surface area contributed by atoms with Gasteiger partial charge in [-0.05, 0) is 41.8 Å². The molecule has 0 saturated heterocycles. The summed E-state index contributed by atoms with van der Waals surface area (Å²) < 4.78 is 11.1. The van der Waals surface area contributed by atoms with E-state index in [1.54, 1.807) is 36.3 Å². The predicted octanol–water partition coefficient (Wildman–Crippen LogP) is 4.89. The van der Waals surface area contributed by atoms with Crippen LogP contribution in [0.15, 0.2) is 78.9 Å². The lowest BCUT2D eigenvalue weighted by Crippen LogP contribution is -2.51.